The average molecular weight is 322 g/mol. The van der Waals surface area contributed by atoms with Crippen molar-refractivity contribution in [2.24, 2.45) is 0 Å². The molecule has 0 saturated carbocycles. The Bertz CT molecular complexity index is 714. The number of rotatable bonds is 2. The van der Waals surface area contributed by atoms with Gasteiger partial charge in [-0.3, -0.25) is 0 Å². The van der Waals surface area contributed by atoms with E-state index in [2.05, 4.69) is 56.7 Å². The van der Waals surface area contributed by atoms with E-state index in [1.807, 2.05) is 6.07 Å². The summed E-state index contributed by atoms with van der Waals surface area (Å²) >= 11 is 5.20. The maximum atomic E-state index is 6.00. The number of thiophene rings is 1. The molecule has 1 aromatic carbocycles. The SMILES string of the molecule is Cc1ccc2nc(N)n(Cc3ccc(Br)s3)c2c1. The largest absolute Gasteiger partial charge is 0.369 e. The van der Waals surface area contributed by atoms with Gasteiger partial charge in [0.25, 0.3) is 0 Å². The Morgan fingerprint density at radius 1 is 1.33 bits per heavy atom. The molecule has 0 bridgehead atoms. The van der Waals surface area contributed by atoms with E-state index in [-0.39, 0.29) is 0 Å². The summed E-state index contributed by atoms with van der Waals surface area (Å²) in [6.45, 7) is 2.84. The fourth-order valence-electron chi connectivity index (χ4n) is 2.01. The van der Waals surface area contributed by atoms with Crippen molar-refractivity contribution in [1.29, 1.82) is 0 Å². The standard InChI is InChI=1S/C13H12BrN3S/c1-8-2-4-10-11(6-8)17(13(15)16-10)7-9-3-5-12(14)18-9/h2-6H,7H2,1H3,(H2,15,16). The Morgan fingerprint density at radius 2 is 2.17 bits per heavy atom. The second-order valence-electron chi connectivity index (χ2n) is 4.25. The van der Waals surface area contributed by atoms with Crippen molar-refractivity contribution in [1.82, 2.24) is 9.55 Å². The van der Waals surface area contributed by atoms with E-state index in [1.165, 1.54) is 10.4 Å². The third kappa shape index (κ3) is 2.04. The normalized spacial score (nSPS) is 11.2. The van der Waals surface area contributed by atoms with Crippen LogP contribution in [0.15, 0.2) is 34.1 Å². The highest BCUT2D eigenvalue weighted by Crippen LogP contribution is 2.26. The van der Waals surface area contributed by atoms with Crippen LogP contribution in [0.25, 0.3) is 11.0 Å². The smallest absolute Gasteiger partial charge is 0.201 e. The molecule has 0 unspecified atom stereocenters. The molecule has 0 spiro atoms. The summed E-state index contributed by atoms with van der Waals surface area (Å²) in [5, 5.41) is 0. The van der Waals surface area contributed by atoms with Crippen LogP contribution in [-0.4, -0.2) is 9.55 Å². The van der Waals surface area contributed by atoms with Gasteiger partial charge < -0.3 is 10.3 Å². The molecule has 0 aliphatic rings. The van der Waals surface area contributed by atoms with Crippen LogP contribution in [0.3, 0.4) is 0 Å². The van der Waals surface area contributed by atoms with E-state index in [0.717, 1.165) is 21.4 Å². The highest BCUT2D eigenvalue weighted by molar-refractivity contribution is 9.11. The second kappa shape index (κ2) is 4.40. The van der Waals surface area contributed by atoms with Gasteiger partial charge in [0.2, 0.25) is 5.95 Å². The lowest BCUT2D eigenvalue weighted by Gasteiger charge is -2.04. The number of nitrogens with zero attached hydrogens (tertiary/aromatic N) is 2. The molecule has 0 aliphatic carbocycles. The molecule has 3 aromatic rings. The monoisotopic (exact) mass is 321 g/mol. The molecule has 0 saturated heterocycles. The molecule has 0 aliphatic heterocycles. The van der Waals surface area contributed by atoms with Crippen molar-refractivity contribution in [3.8, 4) is 0 Å². The van der Waals surface area contributed by atoms with E-state index in [4.69, 9.17) is 5.73 Å². The zero-order chi connectivity index (χ0) is 12.7. The van der Waals surface area contributed by atoms with Gasteiger partial charge in [-0.1, -0.05) is 6.07 Å². The van der Waals surface area contributed by atoms with Crippen LogP contribution < -0.4 is 5.73 Å². The van der Waals surface area contributed by atoms with E-state index >= 15 is 0 Å². The minimum absolute atomic E-state index is 0.570. The Morgan fingerprint density at radius 3 is 2.89 bits per heavy atom. The van der Waals surface area contributed by atoms with Crippen LogP contribution in [0.4, 0.5) is 5.95 Å². The molecular weight excluding hydrogens is 310 g/mol. The van der Waals surface area contributed by atoms with Gasteiger partial charge in [-0.2, -0.15) is 0 Å². The van der Waals surface area contributed by atoms with Gasteiger partial charge in [0.05, 0.1) is 21.4 Å². The third-order valence-electron chi connectivity index (χ3n) is 2.88. The summed E-state index contributed by atoms with van der Waals surface area (Å²) in [7, 11) is 0. The minimum Gasteiger partial charge on any atom is -0.369 e. The molecule has 5 heteroatoms. The lowest BCUT2D eigenvalue weighted by Crippen LogP contribution is -2.03. The predicted molar refractivity (Wildman–Crippen MR) is 80.0 cm³/mol. The zero-order valence-electron chi connectivity index (χ0n) is 9.85. The van der Waals surface area contributed by atoms with Crippen molar-refractivity contribution in [3.63, 3.8) is 0 Å². The second-order valence-corrected chi connectivity index (χ2v) is 6.80. The lowest BCUT2D eigenvalue weighted by molar-refractivity contribution is 0.852. The quantitative estimate of drug-likeness (QED) is 0.780. The Balaban J connectivity index is 2.10. The highest BCUT2D eigenvalue weighted by atomic mass is 79.9. The maximum Gasteiger partial charge on any atom is 0.201 e. The number of anilines is 1. The first-order valence-electron chi connectivity index (χ1n) is 5.60. The number of nitrogens with two attached hydrogens (primary N) is 1. The molecule has 0 radical (unpaired) electrons. The van der Waals surface area contributed by atoms with Gasteiger partial charge in [-0.25, -0.2) is 4.98 Å². The number of nitrogen functional groups attached to an aromatic ring is 1. The fraction of sp³-hybridized carbons (Fsp3) is 0.154. The predicted octanol–water partition coefficient (Wildman–Crippen LogP) is 3.80. The number of imidazole rings is 1. The van der Waals surface area contributed by atoms with E-state index in [9.17, 15) is 0 Å². The fourth-order valence-corrected chi connectivity index (χ4v) is 3.48. The number of aryl methyl sites for hydroxylation is 1. The summed E-state index contributed by atoms with van der Waals surface area (Å²) in [6, 6.07) is 10.4. The van der Waals surface area contributed by atoms with Crippen molar-refractivity contribution >= 4 is 44.2 Å². The lowest BCUT2D eigenvalue weighted by atomic mass is 10.2. The van der Waals surface area contributed by atoms with Crippen molar-refractivity contribution < 1.29 is 0 Å². The summed E-state index contributed by atoms with van der Waals surface area (Å²) in [5.41, 5.74) is 9.27. The molecule has 2 N–H and O–H groups in total. The number of hydrogen-bond acceptors (Lipinski definition) is 3. The van der Waals surface area contributed by atoms with Gasteiger partial charge in [0.1, 0.15) is 0 Å². The Hall–Kier alpha value is -1.33. The van der Waals surface area contributed by atoms with Gasteiger partial charge in [0, 0.05) is 4.88 Å². The molecule has 2 heterocycles. The molecule has 0 amide bonds. The summed E-state index contributed by atoms with van der Waals surface area (Å²) in [6.07, 6.45) is 0. The molecule has 0 atom stereocenters. The van der Waals surface area contributed by atoms with Crippen molar-refractivity contribution in [3.05, 3.63) is 44.6 Å². The molecule has 3 rings (SSSR count). The molecule has 92 valence electrons. The highest BCUT2D eigenvalue weighted by Gasteiger charge is 2.09. The van der Waals surface area contributed by atoms with Crippen LogP contribution >= 0.6 is 27.3 Å². The first-order chi connectivity index (χ1) is 8.63. The molecule has 2 aromatic heterocycles. The first kappa shape index (κ1) is 11.7. The molecule has 18 heavy (non-hydrogen) atoms. The minimum atomic E-state index is 0.570. The van der Waals surface area contributed by atoms with E-state index < -0.39 is 0 Å². The van der Waals surface area contributed by atoms with Gasteiger partial charge in [-0.05, 0) is 52.7 Å². The van der Waals surface area contributed by atoms with E-state index in [1.54, 1.807) is 11.3 Å². The number of aromatic nitrogens is 2. The van der Waals surface area contributed by atoms with Crippen molar-refractivity contribution in [2.45, 2.75) is 13.5 Å². The number of fused-ring (bicyclic) bond motifs is 1. The number of hydrogen-bond donors (Lipinski definition) is 1. The van der Waals surface area contributed by atoms with Crippen LogP contribution in [0.2, 0.25) is 0 Å². The number of halogens is 1. The van der Waals surface area contributed by atoms with E-state index in [0.29, 0.717) is 5.95 Å². The van der Waals surface area contributed by atoms with Crippen LogP contribution in [0, 0.1) is 6.92 Å². The zero-order valence-corrected chi connectivity index (χ0v) is 12.3. The topological polar surface area (TPSA) is 43.8 Å². The third-order valence-corrected chi connectivity index (χ3v) is 4.48. The maximum absolute atomic E-state index is 6.00. The summed E-state index contributed by atoms with van der Waals surface area (Å²) in [4.78, 5) is 5.65. The summed E-state index contributed by atoms with van der Waals surface area (Å²) < 4.78 is 3.19. The molecular formula is C13H12BrN3S. The molecule has 0 fully saturated rings. The van der Waals surface area contributed by atoms with Crippen LogP contribution in [0.5, 0.6) is 0 Å². The van der Waals surface area contributed by atoms with Gasteiger partial charge >= 0.3 is 0 Å². The first-order valence-corrected chi connectivity index (χ1v) is 7.21. The Labute approximate surface area is 117 Å². The van der Waals surface area contributed by atoms with Crippen LogP contribution in [0.1, 0.15) is 10.4 Å². The van der Waals surface area contributed by atoms with Crippen molar-refractivity contribution in [2.75, 3.05) is 5.73 Å². The molecule has 3 nitrogen and oxygen atoms in total. The van der Waals surface area contributed by atoms with Crippen LogP contribution in [-0.2, 0) is 6.54 Å². The average Bonchev–Trinajstić information content (AvgIpc) is 2.86. The number of benzene rings is 1. The Kier molecular flexibility index (Phi) is 2.87. The van der Waals surface area contributed by atoms with Gasteiger partial charge in [0.15, 0.2) is 0 Å². The summed E-state index contributed by atoms with van der Waals surface area (Å²) in [5.74, 6) is 0.570. The van der Waals surface area contributed by atoms with Gasteiger partial charge in [-0.15, -0.1) is 11.3 Å².